The highest BCUT2D eigenvalue weighted by atomic mass is 16.4. The van der Waals surface area contributed by atoms with E-state index >= 15 is 0 Å². The van der Waals surface area contributed by atoms with Gasteiger partial charge < -0.3 is 5.11 Å². The molecule has 1 aromatic rings. The van der Waals surface area contributed by atoms with Crippen molar-refractivity contribution in [3.05, 3.63) is 34.9 Å². The summed E-state index contributed by atoms with van der Waals surface area (Å²) in [5.41, 5.74) is 2.80. The molecule has 0 heterocycles. The first kappa shape index (κ1) is 11.2. The molecule has 0 saturated heterocycles. The van der Waals surface area contributed by atoms with Crippen molar-refractivity contribution in [1.82, 2.24) is 0 Å². The lowest BCUT2D eigenvalue weighted by Crippen LogP contribution is -2.43. The maximum Gasteiger partial charge on any atom is 0.314 e. The van der Waals surface area contributed by atoms with Crippen LogP contribution in [0.15, 0.2) is 18.2 Å². The van der Waals surface area contributed by atoms with Crippen LogP contribution in [0.5, 0.6) is 0 Å². The molecule has 0 spiro atoms. The number of aliphatic carboxylic acids is 1. The van der Waals surface area contributed by atoms with Crippen LogP contribution in [0, 0.1) is 6.92 Å². The molecular formula is C14H18O2. The molecule has 0 aromatic heterocycles. The number of carboxylic acids is 1. The third kappa shape index (κ3) is 1.53. The van der Waals surface area contributed by atoms with Crippen molar-refractivity contribution in [2.45, 2.75) is 44.9 Å². The van der Waals surface area contributed by atoms with Gasteiger partial charge in [0.2, 0.25) is 0 Å². The van der Waals surface area contributed by atoms with E-state index in [0.717, 1.165) is 36.8 Å². The van der Waals surface area contributed by atoms with Crippen LogP contribution in [-0.2, 0) is 16.6 Å². The van der Waals surface area contributed by atoms with E-state index in [9.17, 15) is 9.90 Å². The van der Waals surface area contributed by atoms with E-state index in [0.29, 0.717) is 0 Å². The van der Waals surface area contributed by atoms with E-state index in [1.165, 1.54) is 5.56 Å². The van der Waals surface area contributed by atoms with Gasteiger partial charge in [0.1, 0.15) is 0 Å². The summed E-state index contributed by atoms with van der Waals surface area (Å²) in [6.07, 6.45) is 3.52. The van der Waals surface area contributed by atoms with Crippen molar-refractivity contribution < 1.29 is 9.90 Å². The molecular weight excluding hydrogens is 200 g/mol. The average molecular weight is 218 g/mol. The van der Waals surface area contributed by atoms with Crippen LogP contribution in [0.1, 0.15) is 42.9 Å². The highest BCUT2D eigenvalue weighted by Crippen LogP contribution is 2.45. The summed E-state index contributed by atoms with van der Waals surface area (Å²) in [6.45, 7) is 4.11. The average Bonchev–Trinajstić information content (AvgIpc) is 2.15. The highest BCUT2D eigenvalue weighted by molar-refractivity contribution is 5.83. The fourth-order valence-electron chi connectivity index (χ4n) is 2.57. The van der Waals surface area contributed by atoms with Gasteiger partial charge in [0, 0.05) is 0 Å². The second kappa shape index (κ2) is 3.93. The molecule has 0 radical (unpaired) electrons. The topological polar surface area (TPSA) is 37.3 Å². The Hall–Kier alpha value is -1.31. The molecule has 1 saturated carbocycles. The Morgan fingerprint density at radius 2 is 2.12 bits per heavy atom. The van der Waals surface area contributed by atoms with Crippen LogP contribution in [0.25, 0.3) is 0 Å². The SMILES string of the molecule is CCc1ccc(C)cc1C1(C(=O)O)CCC1. The van der Waals surface area contributed by atoms with E-state index in [2.05, 4.69) is 25.1 Å². The number of hydrogen-bond acceptors (Lipinski definition) is 1. The first-order chi connectivity index (χ1) is 7.60. The number of carbonyl (C=O) groups is 1. The fourth-order valence-corrected chi connectivity index (χ4v) is 2.57. The molecule has 16 heavy (non-hydrogen) atoms. The minimum Gasteiger partial charge on any atom is -0.481 e. The number of benzene rings is 1. The predicted octanol–water partition coefficient (Wildman–Crippen LogP) is 3.06. The molecule has 0 aliphatic heterocycles. The highest BCUT2D eigenvalue weighted by Gasteiger charge is 2.46. The van der Waals surface area contributed by atoms with Gasteiger partial charge in [-0.1, -0.05) is 37.1 Å². The predicted molar refractivity (Wildman–Crippen MR) is 63.7 cm³/mol. The van der Waals surface area contributed by atoms with Crippen molar-refractivity contribution in [3.63, 3.8) is 0 Å². The van der Waals surface area contributed by atoms with Crippen molar-refractivity contribution in [3.8, 4) is 0 Å². The zero-order valence-corrected chi connectivity index (χ0v) is 9.92. The van der Waals surface area contributed by atoms with Crippen LogP contribution in [0.4, 0.5) is 0 Å². The Bertz CT molecular complexity index is 417. The molecule has 1 N–H and O–H groups in total. The van der Waals surface area contributed by atoms with Gasteiger partial charge in [-0.3, -0.25) is 4.79 Å². The first-order valence-corrected chi connectivity index (χ1v) is 5.93. The molecule has 1 fully saturated rings. The maximum atomic E-state index is 11.5. The Morgan fingerprint density at radius 1 is 1.44 bits per heavy atom. The second-order valence-electron chi connectivity index (χ2n) is 4.75. The molecule has 1 aromatic carbocycles. The van der Waals surface area contributed by atoms with Crippen molar-refractivity contribution in [1.29, 1.82) is 0 Å². The van der Waals surface area contributed by atoms with E-state index in [-0.39, 0.29) is 0 Å². The monoisotopic (exact) mass is 218 g/mol. The summed E-state index contributed by atoms with van der Waals surface area (Å²) in [4.78, 5) is 11.5. The smallest absolute Gasteiger partial charge is 0.314 e. The van der Waals surface area contributed by atoms with E-state index in [1.807, 2.05) is 6.92 Å². The Labute approximate surface area is 96.3 Å². The van der Waals surface area contributed by atoms with Gasteiger partial charge in [0.15, 0.2) is 0 Å². The third-order valence-electron chi connectivity index (χ3n) is 3.78. The van der Waals surface area contributed by atoms with Crippen molar-refractivity contribution >= 4 is 5.97 Å². The molecule has 2 heteroatoms. The standard InChI is InChI=1S/C14H18O2/c1-3-11-6-5-10(2)9-12(11)14(13(15)16)7-4-8-14/h5-6,9H,3-4,7-8H2,1-2H3,(H,15,16). The molecule has 0 amide bonds. The molecule has 2 nitrogen and oxygen atoms in total. The first-order valence-electron chi connectivity index (χ1n) is 5.93. The number of aryl methyl sites for hydroxylation is 2. The number of rotatable bonds is 3. The summed E-state index contributed by atoms with van der Waals surface area (Å²) in [7, 11) is 0. The normalized spacial score (nSPS) is 17.9. The molecule has 86 valence electrons. The second-order valence-corrected chi connectivity index (χ2v) is 4.75. The summed E-state index contributed by atoms with van der Waals surface area (Å²) in [6, 6.07) is 6.20. The molecule has 1 aliphatic carbocycles. The summed E-state index contributed by atoms with van der Waals surface area (Å²) >= 11 is 0. The molecule has 0 bridgehead atoms. The van der Waals surface area contributed by atoms with Crippen LogP contribution < -0.4 is 0 Å². The Balaban J connectivity index is 2.52. The van der Waals surface area contributed by atoms with Gasteiger partial charge >= 0.3 is 5.97 Å². The van der Waals surface area contributed by atoms with Gasteiger partial charge in [0.05, 0.1) is 5.41 Å². The van der Waals surface area contributed by atoms with Gasteiger partial charge in [-0.05, 0) is 37.3 Å². The van der Waals surface area contributed by atoms with Gasteiger partial charge in [-0.15, -0.1) is 0 Å². The van der Waals surface area contributed by atoms with Crippen LogP contribution in [0.2, 0.25) is 0 Å². The Morgan fingerprint density at radius 3 is 2.56 bits per heavy atom. The Kier molecular flexibility index (Phi) is 2.75. The fraction of sp³-hybridized carbons (Fsp3) is 0.500. The van der Waals surface area contributed by atoms with Crippen LogP contribution >= 0.6 is 0 Å². The summed E-state index contributed by atoms with van der Waals surface area (Å²) in [5.74, 6) is -0.654. The van der Waals surface area contributed by atoms with Crippen molar-refractivity contribution in [2.24, 2.45) is 0 Å². The summed E-state index contributed by atoms with van der Waals surface area (Å²) in [5, 5.41) is 9.45. The molecule has 0 atom stereocenters. The van der Waals surface area contributed by atoms with Gasteiger partial charge in [-0.25, -0.2) is 0 Å². The third-order valence-corrected chi connectivity index (χ3v) is 3.78. The lowest BCUT2D eigenvalue weighted by molar-refractivity contribution is -0.147. The quantitative estimate of drug-likeness (QED) is 0.846. The number of hydrogen-bond donors (Lipinski definition) is 1. The van der Waals surface area contributed by atoms with E-state index < -0.39 is 11.4 Å². The van der Waals surface area contributed by atoms with Gasteiger partial charge in [0.25, 0.3) is 0 Å². The largest absolute Gasteiger partial charge is 0.481 e. The van der Waals surface area contributed by atoms with Crippen molar-refractivity contribution in [2.75, 3.05) is 0 Å². The van der Waals surface area contributed by atoms with E-state index in [1.54, 1.807) is 0 Å². The molecule has 1 aliphatic rings. The molecule has 0 unspecified atom stereocenters. The minimum absolute atomic E-state index is 0.586. The summed E-state index contributed by atoms with van der Waals surface area (Å²) < 4.78 is 0. The maximum absolute atomic E-state index is 11.5. The van der Waals surface area contributed by atoms with Crippen LogP contribution in [0.3, 0.4) is 0 Å². The lowest BCUT2D eigenvalue weighted by Gasteiger charge is -2.39. The zero-order chi connectivity index (χ0) is 11.8. The lowest BCUT2D eigenvalue weighted by atomic mass is 9.63. The van der Waals surface area contributed by atoms with Crippen LogP contribution in [-0.4, -0.2) is 11.1 Å². The number of carboxylic acid groups (broad SMARTS) is 1. The minimum atomic E-state index is -0.654. The van der Waals surface area contributed by atoms with Gasteiger partial charge in [-0.2, -0.15) is 0 Å². The van der Waals surface area contributed by atoms with E-state index in [4.69, 9.17) is 0 Å². The molecule has 2 rings (SSSR count). The zero-order valence-electron chi connectivity index (χ0n) is 9.92.